The molecule has 1 N–H and O–H groups in total. The van der Waals surface area contributed by atoms with Crippen molar-refractivity contribution in [2.45, 2.75) is 26.4 Å². The Morgan fingerprint density at radius 3 is 2.47 bits per heavy atom. The smallest absolute Gasteiger partial charge is 0.131 e. The number of carbonyl (C=O) groups is 1. The second kappa shape index (κ2) is 6.99. The molecule has 0 aliphatic carbocycles. The monoisotopic (exact) mass is 267 g/mol. The highest BCUT2D eigenvalue weighted by Crippen LogP contribution is 2.23. The zero-order valence-electron chi connectivity index (χ0n) is 11.9. The minimum atomic E-state index is -1.05. The van der Waals surface area contributed by atoms with Crippen LogP contribution in [0.1, 0.15) is 19.4 Å². The Hall–Kier alpha value is -1.75. The number of hydrogen-bond acceptors (Lipinski definition) is 4. The summed E-state index contributed by atoms with van der Waals surface area (Å²) in [6.45, 7) is 4.51. The topological polar surface area (TPSA) is 63.0 Å². The van der Waals surface area contributed by atoms with Gasteiger partial charge in [-0.3, -0.25) is 0 Å². The summed E-state index contributed by atoms with van der Waals surface area (Å²) in [6.07, 6.45) is 0. The van der Waals surface area contributed by atoms with E-state index in [0.717, 1.165) is 10.5 Å². The van der Waals surface area contributed by atoms with Crippen molar-refractivity contribution in [3.05, 3.63) is 23.8 Å². The van der Waals surface area contributed by atoms with Crippen LogP contribution in [0.3, 0.4) is 0 Å². The second-order valence-electron chi connectivity index (χ2n) is 4.72. The van der Waals surface area contributed by atoms with Gasteiger partial charge in [0.2, 0.25) is 0 Å². The van der Waals surface area contributed by atoms with Gasteiger partial charge in [0.05, 0.1) is 26.2 Å². The fraction of sp³-hybridized carbons (Fsp3) is 0.500. The summed E-state index contributed by atoms with van der Waals surface area (Å²) in [5, 5.41) is 10.8. The van der Waals surface area contributed by atoms with Crippen LogP contribution in [0.2, 0.25) is 0 Å². The highest BCUT2D eigenvalue weighted by Gasteiger charge is 2.17. The maximum Gasteiger partial charge on any atom is 0.131 e. The van der Waals surface area contributed by atoms with Gasteiger partial charge < -0.3 is 24.3 Å². The molecule has 1 rings (SSSR count). The van der Waals surface area contributed by atoms with Crippen LogP contribution in [-0.2, 0) is 11.3 Å². The summed E-state index contributed by atoms with van der Waals surface area (Å²) >= 11 is 0. The molecule has 0 aliphatic heterocycles. The lowest BCUT2D eigenvalue weighted by Crippen LogP contribution is -3.15. The van der Waals surface area contributed by atoms with Crippen LogP contribution >= 0.6 is 0 Å². The number of aliphatic carboxylic acids is 1. The minimum Gasteiger partial charge on any atom is -0.544 e. The van der Waals surface area contributed by atoms with E-state index in [0.29, 0.717) is 18.0 Å². The fourth-order valence-corrected chi connectivity index (χ4v) is 1.90. The van der Waals surface area contributed by atoms with Gasteiger partial charge in [-0.2, -0.15) is 0 Å². The first-order chi connectivity index (χ1) is 8.97. The van der Waals surface area contributed by atoms with E-state index in [2.05, 4.69) is 0 Å². The molecule has 5 nitrogen and oxygen atoms in total. The summed E-state index contributed by atoms with van der Waals surface area (Å²) in [5.74, 6) is 0.374. The number of carboxylic acid groups (broad SMARTS) is 1. The number of carbonyl (C=O) groups excluding carboxylic acids is 1. The van der Waals surface area contributed by atoms with Crippen molar-refractivity contribution in [2.75, 3.05) is 20.8 Å². The van der Waals surface area contributed by atoms with Crippen LogP contribution in [-0.4, -0.2) is 32.8 Å². The summed E-state index contributed by atoms with van der Waals surface area (Å²) in [5.41, 5.74) is 0.952. The molecule has 0 saturated heterocycles. The van der Waals surface area contributed by atoms with E-state index in [1.54, 1.807) is 20.3 Å². The van der Waals surface area contributed by atoms with Gasteiger partial charge in [-0.1, -0.05) is 0 Å². The van der Waals surface area contributed by atoms with Gasteiger partial charge in [-0.25, -0.2) is 0 Å². The Morgan fingerprint density at radius 2 is 2.00 bits per heavy atom. The third-order valence-electron chi connectivity index (χ3n) is 3.10. The largest absolute Gasteiger partial charge is 0.544 e. The molecule has 106 valence electrons. The zero-order chi connectivity index (χ0) is 14.4. The Kier molecular flexibility index (Phi) is 5.63. The molecule has 0 radical (unpaired) electrons. The first kappa shape index (κ1) is 15.3. The predicted octanol–water partition coefficient (Wildman–Crippen LogP) is -0.753. The van der Waals surface area contributed by atoms with E-state index in [1.807, 2.05) is 26.0 Å². The van der Waals surface area contributed by atoms with Crippen LogP contribution in [0.15, 0.2) is 18.2 Å². The highest BCUT2D eigenvalue weighted by molar-refractivity contribution is 5.65. The summed E-state index contributed by atoms with van der Waals surface area (Å²) in [4.78, 5) is 11.7. The number of methoxy groups -OCH3 is 2. The van der Waals surface area contributed by atoms with Crippen LogP contribution in [0.25, 0.3) is 0 Å². The Labute approximate surface area is 113 Å². The molecular formula is C14H21NO4. The number of carboxylic acids is 1. The lowest BCUT2D eigenvalue weighted by molar-refractivity contribution is -0.929. The number of benzene rings is 1. The van der Waals surface area contributed by atoms with E-state index in [-0.39, 0.29) is 12.6 Å². The van der Waals surface area contributed by atoms with Gasteiger partial charge in [0.15, 0.2) is 0 Å². The Balaban J connectivity index is 2.92. The zero-order valence-corrected chi connectivity index (χ0v) is 11.9. The van der Waals surface area contributed by atoms with Crippen molar-refractivity contribution in [1.82, 2.24) is 0 Å². The lowest BCUT2D eigenvalue weighted by Gasteiger charge is -2.24. The van der Waals surface area contributed by atoms with Gasteiger partial charge in [0.25, 0.3) is 0 Å². The summed E-state index contributed by atoms with van der Waals surface area (Å²) < 4.78 is 10.5. The molecule has 0 aliphatic rings. The number of quaternary nitrogens is 1. The molecule has 1 aromatic rings. The average Bonchev–Trinajstić information content (AvgIpc) is 2.37. The van der Waals surface area contributed by atoms with Gasteiger partial charge in [-0.05, 0) is 26.0 Å². The molecular weight excluding hydrogens is 246 g/mol. The molecule has 0 bridgehead atoms. The molecule has 1 unspecified atom stereocenters. The number of hydrogen-bond donors (Lipinski definition) is 1. The summed E-state index contributed by atoms with van der Waals surface area (Å²) in [6, 6.07) is 5.72. The van der Waals surface area contributed by atoms with E-state index in [9.17, 15) is 9.90 Å². The lowest BCUT2D eigenvalue weighted by atomic mass is 10.1. The van der Waals surface area contributed by atoms with Gasteiger partial charge >= 0.3 is 0 Å². The Bertz CT molecular complexity index is 431. The van der Waals surface area contributed by atoms with Crippen molar-refractivity contribution in [1.29, 1.82) is 0 Å². The second-order valence-corrected chi connectivity index (χ2v) is 4.72. The number of ether oxygens (including phenoxy) is 2. The summed E-state index contributed by atoms with van der Waals surface area (Å²) in [7, 11) is 3.18. The third-order valence-corrected chi connectivity index (χ3v) is 3.10. The van der Waals surface area contributed by atoms with Crippen LogP contribution in [0, 0.1) is 0 Å². The molecule has 5 heteroatoms. The van der Waals surface area contributed by atoms with E-state index in [4.69, 9.17) is 9.47 Å². The van der Waals surface area contributed by atoms with Gasteiger partial charge in [0, 0.05) is 11.6 Å². The first-order valence-corrected chi connectivity index (χ1v) is 6.23. The van der Waals surface area contributed by atoms with Crippen molar-refractivity contribution in [3.63, 3.8) is 0 Å². The normalized spacial score (nSPS) is 12.3. The molecule has 1 aromatic carbocycles. The van der Waals surface area contributed by atoms with Crippen LogP contribution in [0.4, 0.5) is 0 Å². The molecule has 0 heterocycles. The molecule has 1 atom stereocenters. The SMILES string of the molecule is COc1ccc(C[NH+](CC(=O)[O-])C(C)C)c(OC)c1. The fourth-order valence-electron chi connectivity index (χ4n) is 1.90. The van der Waals surface area contributed by atoms with Crippen molar-refractivity contribution in [3.8, 4) is 11.5 Å². The van der Waals surface area contributed by atoms with Gasteiger partial charge in [0.1, 0.15) is 24.6 Å². The molecule has 0 saturated carbocycles. The van der Waals surface area contributed by atoms with E-state index < -0.39 is 5.97 Å². The van der Waals surface area contributed by atoms with Crippen molar-refractivity contribution in [2.24, 2.45) is 0 Å². The number of rotatable bonds is 7. The Morgan fingerprint density at radius 1 is 1.32 bits per heavy atom. The molecule has 0 aromatic heterocycles. The van der Waals surface area contributed by atoms with Crippen molar-refractivity contribution < 1.29 is 24.3 Å². The molecule has 0 spiro atoms. The molecule has 0 fully saturated rings. The molecule has 0 amide bonds. The molecule has 19 heavy (non-hydrogen) atoms. The van der Waals surface area contributed by atoms with Crippen molar-refractivity contribution >= 4 is 5.97 Å². The maximum atomic E-state index is 10.8. The predicted molar refractivity (Wildman–Crippen MR) is 69.2 cm³/mol. The highest BCUT2D eigenvalue weighted by atomic mass is 16.5. The van der Waals surface area contributed by atoms with E-state index in [1.165, 1.54) is 0 Å². The van der Waals surface area contributed by atoms with Crippen LogP contribution in [0.5, 0.6) is 11.5 Å². The maximum absolute atomic E-state index is 10.8. The first-order valence-electron chi connectivity index (χ1n) is 6.23. The minimum absolute atomic E-state index is 0.0210. The average molecular weight is 267 g/mol. The van der Waals surface area contributed by atoms with Crippen LogP contribution < -0.4 is 19.5 Å². The van der Waals surface area contributed by atoms with E-state index >= 15 is 0 Å². The number of nitrogens with one attached hydrogen (secondary N) is 1. The quantitative estimate of drug-likeness (QED) is 0.706. The third kappa shape index (κ3) is 4.44. The van der Waals surface area contributed by atoms with Gasteiger partial charge in [-0.15, -0.1) is 0 Å². The standard InChI is InChI=1S/C14H21NO4/c1-10(2)15(9-14(16)17)8-11-5-6-12(18-3)7-13(11)19-4/h5-7,10H,8-9H2,1-4H3,(H,16,17).